The predicted octanol–water partition coefficient (Wildman–Crippen LogP) is 4.14. The van der Waals surface area contributed by atoms with Gasteiger partial charge in [0.25, 0.3) is 5.91 Å². The summed E-state index contributed by atoms with van der Waals surface area (Å²) >= 11 is 0. The second-order valence-corrected chi connectivity index (χ2v) is 8.70. The summed E-state index contributed by atoms with van der Waals surface area (Å²) in [7, 11) is 1.76. The van der Waals surface area contributed by atoms with E-state index in [1.807, 2.05) is 85.8 Å². The van der Waals surface area contributed by atoms with Crippen LogP contribution in [-0.2, 0) is 27.6 Å². The number of hydroxylamine groups is 2. The number of carbonyl (C=O) groups is 2. The normalized spacial score (nSPS) is 21.9. The molecule has 3 aromatic carbocycles. The molecule has 7 nitrogen and oxygen atoms in total. The lowest BCUT2D eigenvalue weighted by atomic mass is 9.91. The number of ether oxygens (including phenoxy) is 2. The van der Waals surface area contributed by atoms with E-state index in [1.54, 1.807) is 12.1 Å². The zero-order valence-electron chi connectivity index (χ0n) is 19.8. The zero-order chi connectivity index (χ0) is 24.4. The second kappa shape index (κ2) is 9.90. The molecule has 0 bridgehead atoms. The van der Waals surface area contributed by atoms with Crippen molar-refractivity contribution >= 4 is 11.8 Å². The van der Waals surface area contributed by atoms with E-state index in [0.29, 0.717) is 24.7 Å². The van der Waals surface area contributed by atoms with Crippen molar-refractivity contribution in [3.8, 4) is 11.5 Å². The van der Waals surface area contributed by atoms with Gasteiger partial charge in [-0.15, -0.1) is 0 Å². The molecule has 2 aliphatic rings. The van der Waals surface area contributed by atoms with Crippen LogP contribution in [0.15, 0.2) is 78.9 Å². The number of amides is 2. The summed E-state index contributed by atoms with van der Waals surface area (Å²) in [5.74, 6) is 0.0705. The minimum absolute atomic E-state index is 0.222. The first kappa shape index (κ1) is 23.1. The smallest absolute Gasteiger partial charge is 0.261 e. The number of hydrogen-bond acceptors (Lipinski definition) is 6. The van der Waals surface area contributed by atoms with Gasteiger partial charge in [0, 0.05) is 7.05 Å². The molecule has 0 aromatic heterocycles. The minimum Gasteiger partial charge on any atom is -0.490 e. The van der Waals surface area contributed by atoms with Crippen molar-refractivity contribution in [1.82, 2.24) is 9.96 Å². The molecular formula is C28H28N2O5. The first-order chi connectivity index (χ1) is 17.1. The zero-order valence-corrected chi connectivity index (χ0v) is 19.8. The Morgan fingerprint density at radius 1 is 0.829 bits per heavy atom. The van der Waals surface area contributed by atoms with E-state index in [-0.39, 0.29) is 18.4 Å². The van der Waals surface area contributed by atoms with Gasteiger partial charge >= 0.3 is 0 Å². The Hall–Kier alpha value is -3.68. The molecule has 2 amide bonds. The Bertz CT molecular complexity index is 1200. The average Bonchev–Trinajstić information content (AvgIpc) is 3.33. The summed E-state index contributed by atoms with van der Waals surface area (Å²) < 4.78 is 11.9. The van der Waals surface area contributed by atoms with Gasteiger partial charge in [0.15, 0.2) is 17.6 Å². The maximum Gasteiger partial charge on any atom is 0.261 e. The molecule has 0 radical (unpaired) electrons. The van der Waals surface area contributed by atoms with Crippen LogP contribution in [0.4, 0.5) is 0 Å². The van der Waals surface area contributed by atoms with Crippen LogP contribution in [0.1, 0.15) is 29.7 Å². The van der Waals surface area contributed by atoms with Gasteiger partial charge in [-0.05, 0) is 35.7 Å². The highest BCUT2D eigenvalue weighted by Crippen LogP contribution is 2.45. The fraction of sp³-hybridized carbons (Fsp3) is 0.286. The topological polar surface area (TPSA) is 68.3 Å². The number of likely N-dealkylation sites (tertiary alicyclic amines) is 1. The van der Waals surface area contributed by atoms with E-state index in [9.17, 15) is 9.59 Å². The molecule has 5 rings (SSSR count). The van der Waals surface area contributed by atoms with Gasteiger partial charge in [0.1, 0.15) is 6.61 Å². The Morgan fingerprint density at radius 3 is 2.20 bits per heavy atom. The molecule has 2 heterocycles. The van der Waals surface area contributed by atoms with Gasteiger partial charge in [-0.25, -0.2) is 0 Å². The third-order valence-electron chi connectivity index (χ3n) is 6.43. The number of hydrogen-bond donors (Lipinski definition) is 0. The van der Waals surface area contributed by atoms with E-state index >= 15 is 0 Å². The average molecular weight is 473 g/mol. The third-order valence-corrected chi connectivity index (χ3v) is 6.43. The van der Waals surface area contributed by atoms with Crippen LogP contribution in [0.3, 0.4) is 0 Å². The molecule has 0 aliphatic carbocycles. The summed E-state index contributed by atoms with van der Waals surface area (Å²) in [6.07, 6.45) is -0.828. The minimum atomic E-state index is -0.828. The Kier molecular flexibility index (Phi) is 6.53. The monoisotopic (exact) mass is 472 g/mol. The summed E-state index contributed by atoms with van der Waals surface area (Å²) in [6.45, 7) is 3.03. The van der Waals surface area contributed by atoms with Crippen molar-refractivity contribution in [2.75, 3.05) is 13.7 Å². The Labute approximate surface area is 204 Å². The van der Waals surface area contributed by atoms with Crippen molar-refractivity contribution in [1.29, 1.82) is 0 Å². The fourth-order valence-electron chi connectivity index (χ4n) is 4.78. The summed E-state index contributed by atoms with van der Waals surface area (Å²) in [4.78, 5) is 33.7. The molecule has 0 N–H and O–H groups in total. The maximum atomic E-state index is 13.4. The van der Waals surface area contributed by atoms with Crippen LogP contribution in [0.5, 0.6) is 11.5 Å². The summed E-state index contributed by atoms with van der Waals surface area (Å²) in [5, 5.41) is 1.61. The molecule has 35 heavy (non-hydrogen) atoms. The highest BCUT2D eigenvalue weighted by Gasteiger charge is 2.58. The maximum absolute atomic E-state index is 13.4. The second-order valence-electron chi connectivity index (χ2n) is 8.70. The number of nitrogens with zero attached hydrogens (tertiary/aromatic N) is 2. The first-order valence-electron chi connectivity index (χ1n) is 11.8. The van der Waals surface area contributed by atoms with Crippen molar-refractivity contribution < 1.29 is 23.9 Å². The van der Waals surface area contributed by atoms with Crippen LogP contribution in [0, 0.1) is 5.92 Å². The molecule has 180 valence electrons. The highest BCUT2D eigenvalue weighted by molar-refractivity contribution is 6.07. The third kappa shape index (κ3) is 4.52. The quantitative estimate of drug-likeness (QED) is 0.459. The molecule has 3 aromatic rings. The number of benzene rings is 3. The molecule has 2 saturated heterocycles. The fourth-order valence-corrected chi connectivity index (χ4v) is 4.78. The number of rotatable bonds is 8. The van der Waals surface area contributed by atoms with Gasteiger partial charge in [-0.2, -0.15) is 5.06 Å². The van der Waals surface area contributed by atoms with Crippen molar-refractivity contribution in [3.05, 3.63) is 95.6 Å². The lowest BCUT2D eigenvalue weighted by Gasteiger charge is -2.25. The molecule has 0 unspecified atom stereocenters. The SMILES string of the molecule is CCOc1cc([C@H]2[C@@H]3C(=O)N(Cc4ccccc4)C(=O)[C@H]3ON2C)ccc1OCc1ccccc1. The molecule has 0 saturated carbocycles. The van der Waals surface area contributed by atoms with E-state index in [0.717, 1.165) is 16.7 Å². The van der Waals surface area contributed by atoms with Crippen LogP contribution in [-0.4, -0.2) is 41.5 Å². The Balaban J connectivity index is 1.39. The lowest BCUT2D eigenvalue weighted by molar-refractivity contribution is -0.170. The molecule has 3 atom stereocenters. The highest BCUT2D eigenvalue weighted by atomic mass is 16.7. The van der Waals surface area contributed by atoms with E-state index in [1.165, 1.54) is 4.90 Å². The van der Waals surface area contributed by atoms with Gasteiger partial charge in [0.05, 0.1) is 25.1 Å². The van der Waals surface area contributed by atoms with Crippen LogP contribution < -0.4 is 9.47 Å². The molecular weight excluding hydrogens is 444 g/mol. The molecule has 2 aliphatic heterocycles. The largest absolute Gasteiger partial charge is 0.490 e. The first-order valence-corrected chi connectivity index (χ1v) is 11.8. The van der Waals surface area contributed by atoms with Crippen LogP contribution >= 0.6 is 0 Å². The number of imide groups is 1. The van der Waals surface area contributed by atoms with Crippen LogP contribution in [0.2, 0.25) is 0 Å². The molecule has 7 heteroatoms. The summed E-state index contributed by atoms with van der Waals surface area (Å²) in [5.41, 5.74) is 2.79. The number of fused-ring (bicyclic) bond motifs is 1. The molecule has 0 spiro atoms. The van der Waals surface area contributed by atoms with Gasteiger partial charge in [-0.3, -0.25) is 19.3 Å². The lowest BCUT2D eigenvalue weighted by Crippen LogP contribution is -2.35. The standard InChI is InChI=1S/C28H28N2O5/c1-3-33-23-16-21(14-15-22(23)34-18-20-12-8-5-9-13-20)25-24-26(35-29(25)2)28(32)30(27(24)31)17-19-10-6-4-7-11-19/h4-16,24-26H,3,17-18H2,1-2H3/t24-,25-,26-/m0/s1. The van der Waals surface area contributed by atoms with E-state index < -0.39 is 18.1 Å². The Morgan fingerprint density at radius 2 is 1.51 bits per heavy atom. The molecule has 2 fully saturated rings. The van der Waals surface area contributed by atoms with Crippen LogP contribution in [0.25, 0.3) is 0 Å². The van der Waals surface area contributed by atoms with Gasteiger partial charge < -0.3 is 9.47 Å². The van der Waals surface area contributed by atoms with Crippen molar-refractivity contribution in [2.45, 2.75) is 32.2 Å². The van der Waals surface area contributed by atoms with Gasteiger partial charge in [-0.1, -0.05) is 66.7 Å². The van der Waals surface area contributed by atoms with Crippen molar-refractivity contribution in [3.63, 3.8) is 0 Å². The predicted molar refractivity (Wildman–Crippen MR) is 129 cm³/mol. The van der Waals surface area contributed by atoms with Gasteiger partial charge in [0.2, 0.25) is 5.91 Å². The summed E-state index contributed by atoms with van der Waals surface area (Å²) in [6, 6.07) is 24.6. The van der Waals surface area contributed by atoms with E-state index in [4.69, 9.17) is 14.3 Å². The van der Waals surface area contributed by atoms with E-state index in [2.05, 4.69) is 0 Å². The number of carbonyl (C=O) groups excluding carboxylic acids is 2. The van der Waals surface area contributed by atoms with Crippen molar-refractivity contribution in [2.24, 2.45) is 5.92 Å².